The Hall–Kier alpha value is -1.06. The van der Waals surface area contributed by atoms with Gasteiger partial charge in [0.2, 0.25) is 5.88 Å². The van der Waals surface area contributed by atoms with E-state index in [0.29, 0.717) is 10.9 Å². The number of ether oxygens (including phenoxy) is 1. The van der Waals surface area contributed by atoms with Crippen molar-refractivity contribution in [2.24, 2.45) is 0 Å². The minimum atomic E-state index is 0.122. The first-order valence-corrected chi connectivity index (χ1v) is 7.54. The van der Waals surface area contributed by atoms with Crippen molar-refractivity contribution in [1.29, 1.82) is 0 Å². The zero-order valence-electron chi connectivity index (χ0n) is 12.0. The number of hydrogen-bond donors (Lipinski definition) is 0. The van der Waals surface area contributed by atoms with Gasteiger partial charge in [-0.25, -0.2) is 4.98 Å². The summed E-state index contributed by atoms with van der Waals surface area (Å²) in [4.78, 5) is 4.18. The Morgan fingerprint density at radius 3 is 2.45 bits per heavy atom. The predicted octanol–water partition coefficient (Wildman–Crippen LogP) is 5.90. The van der Waals surface area contributed by atoms with Crippen LogP contribution in [0.4, 0.5) is 0 Å². The van der Waals surface area contributed by atoms with E-state index in [4.69, 9.17) is 16.3 Å². The summed E-state index contributed by atoms with van der Waals surface area (Å²) in [5.74, 6) is 1.19. The van der Waals surface area contributed by atoms with E-state index in [-0.39, 0.29) is 5.41 Å². The number of nitrogens with zero attached hydrogens (tertiary/aromatic N) is 1. The average molecular weight is 355 g/mol. The Morgan fingerprint density at radius 1 is 1.20 bits per heavy atom. The molecule has 0 aliphatic rings. The number of pyridine rings is 1. The fourth-order valence-corrected chi connectivity index (χ4v) is 2.48. The molecule has 0 atom stereocenters. The van der Waals surface area contributed by atoms with Gasteiger partial charge in [-0.2, -0.15) is 0 Å². The van der Waals surface area contributed by atoms with Gasteiger partial charge in [0.15, 0.2) is 0 Å². The lowest BCUT2D eigenvalue weighted by Gasteiger charge is -2.20. The van der Waals surface area contributed by atoms with Crippen molar-refractivity contribution < 1.29 is 4.74 Å². The maximum absolute atomic E-state index is 6.12. The van der Waals surface area contributed by atoms with E-state index in [1.165, 1.54) is 5.56 Å². The molecule has 0 fully saturated rings. The average Bonchev–Trinajstić information content (AvgIpc) is 2.33. The smallest absolute Gasteiger partial charge is 0.238 e. The Kier molecular flexibility index (Phi) is 4.40. The number of aryl methyl sites for hydroxylation is 1. The molecule has 0 saturated heterocycles. The highest BCUT2D eigenvalue weighted by atomic mass is 79.9. The molecule has 0 aliphatic carbocycles. The summed E-state index contributed by atoms with van der Waals surface area (Å²) in [5, 5.41) is 0.485. The molecule has 0 spiro atoms. The van der Waals surface area contributed by atoms with Gasteiger partial charge in [0, 0.05) is 10.7 Å². The number of halogens is 2. The summed E-state index contributed by atoms with van der Waals surface area (Å²) < 4.78 is 6.63. The van der Waals surface area contributed by atoms with E-state index in [2.05, 4.69) is 53.8 Å². The molecule has 0 radical (unpaired) electrons. The van der Waals surface area contributed by atoms with Crippen molar-refractivity contribution in [1.82, 2.24) is 4.98 Å². The summed E-state index contributed by atoms with van der Waals surface area (Å²) in [6.07, 6.45) is 1.67. The summed E-state index contributed by atoms with van der Waals surface area (Å²) in [6, 6.07) is 7.95. The second-order valence-electron chi connectivity index (χ2n) is 5.77. The van der Waals surface area contributed by atoms with Gasteiger partial charge in [0.05, 0.1) is 0 Å². The van der Waals surface area contributed by atoms with E-state index in [1.54, 1.807) is 12.3 Å². The second-order valence-corrected chi connectivity index (χ2v) is 7.10. The molecule has 1 aromatic carbocycles. The van der Waals surface area contributed by atoms with Crippen LogP contribution in [0.1, 0.15) is 31.9 Å². The van der Waals surface area contributed by atoms with Gasteiger partial charge in [0.1, 0.15) is 10.8 Å². The molecule has 1 heterocycles. The third-order valence-electron chi connectivity index (χ3n) is 3.02. The summed E-state index contributed by atoms with van der Waals surface area (Å²) >= 11 is 9.44. The van der Waals surface area contributed by atoms with Gasteiger partial charge >= 0.3 is 0 Å². The number of benzene rings is 1. The molecule has 0 saturated carbocycles. The highest BCUT2D eigenvalue weighted by Crippen LogP contribution is 2.33. The van der Waals surface area contributed by atoms with Gasteiger partial charge in [-0.1, -0.05) is 44.5 Å². The first-order chi connectivity index (χ1) is 9.27. The summed E-state index contributed by atoms with van der Waals surface area (Å²) in [5.41, 5.74) is 2.46. The Labute approximate surface area is 133 Å². The maximum Gasteiger partial charge on any atom is 0.238 e. The summed E-state index contributed by atoms with van der Waals surface area (Å²) in [7, 11) is 0. The summed E-state index contributed by atoms with van der Waals surface area (Å²) in [6.45, 7) is 8.59. The maximum atomic E-state index is 6.12. The molecule has 0 N–H and O–H groups in total. The molecule has 0 unspecified atom stereocenters. The lowest BCUT2D eigenvalue weighted by molar-refractivity contribution is 0.458. The van der Waals surface area contributed by atoms with Gasteiger partial charge < -0.3 is 4.74 Å². The zero-order valence-corrected chi connectivity index (χ0v) is 14.3. The van der Waals surface area contributed by atoms with Crippen LogP contribution in [-0.2, 0) is 5.41 Å². The van der Waals surface area contributed by atoms with Crippen molar-refractivity contribution in [3.8, 4) is 11.6 Å². The largest absolute Gasteiger partial charge is 0.437 e. The predicted molar refractivity (Wildman–Crippen MR) is 86.9 cm³/mol. The molecule has 2 nitrogen and oxygen atoms in total. The zero-order chi connectivity index (χ0) is 14.9. The van der Waals surface area contributed by atoms with E-state index < -0.39 is 0 Å². The quantitative estimate of drug-likeness (QED) is 0.670. The van der Waals surface area contributed by atoms with Crippen molar-refractivity contribution in [2.75, 3.05) is 0 Å². The Balaban J connectivity index is 2.30. The van der Waals surface area contributed by atoms with Crippen LogP contribution in [0.3, 0.4) is 0 Å². The monoisotopic (exact) mass is 353 g/mol. The lowest BCUT2D eigenvalue weighted by atomic mass is 9.86. The van der Waals surface area contributed by atoms with Gasteiger partial charge in [-0.15, -0.1) is 0 Å². The Morgan fingerprint density at radius 2 is 1.90 bits per heavy atom. The molecule has 20 heavy (non-hydrogen) atoms. The molecule has 2 aromatic rings. The number of hydrogen-bond acceptors (Lipinski definition) is 2. The SMILES string of the molecule is Cc1cc(C(C)(C)C)ccc1Oc1ncc(Br)cc1Cl. The normalized spacial score (nSPS) is 11.5. The standard InChI is InChI=1S/C16H17BrClNO/c1-10-7-11(16(2,3)4)5-6-14(10)20-15-13(18)8-12(17)9-19-15/h5-9H,1-4H3. The van der Waals surface area contributed by atoms with Crippen LogP contribution < -0.4 is 4.74 Å². The van der Waals surface area contributed by atoms with Crippen molar-refractivity contribution >= 4 is 27.5 Å². The van der Waals surface area contributed by atoms with E-state index in [9.17, 15) is 0 Å². The highest BCUT2D eigenvalue weighted by Gasteiger charge is 2.15. The molecule has 0 amide bonds. The van der Waals surface area contributed by atoms with E-state index in [1.807, 2.05) is 13.0 Å². The van der Waals surface area contributed by atoms with Crippen LogP contribution in [-0.4, -0.2) is 4.98 Å². The molecule has 2 rings (SSSR count). The van der Waals surface area contributed by atoms with Crippen LogP contribution in [0.25, 0.3) is 0 Å². The van der Waals surface area contributed by atoms with Gasteiger partial charge in [-0.3, -0.25) is 0 Å². The first-order valence-electron chi connectivity index (χ1n) is 6.37. The molecular weight excluding hydrogens is 338 g/mol. The minimum Gasteiger partial charge on any atom is -0.437 e. The molecule has 0 aliphatic heterocycles. The fraction of sp³-hybridized carbons (Fsp3) is 0.312. The van der Waals surface area contributed by atoms with Crippen LogP contribution in [0.5, 0.6) is 11.6 Å². The fourth-order valence-electron chi connectivity index (χ4n) is 1.81. The number of rotatable bonds is 2. The molecule has 4 heteroatoms. The van der Waals surface area contributed by atoms with Crippen LogP contribution in [0.15, 0.2) is 34.9 Å². The Bertz CT molecular complexity index is 635. The lowest BCUT2D eigenvalue weighted by Crippen LogP contribution is -2.11. The van der Waals surface area contributed by atoms with Crippen molar-refractivity contribution in [2.45, 2.75) is 33.1 Å². The van der Waals surface area contributed by atoms with E-state index in [0.717, 1.165) is 15.8 Å². The van der Waals surface area contributed by atoms with Crippen molar-refractivity contribution in [3.05, 3.63) is 51.1 Å². The van der Waals surface area contributed by atoms with Crippen LogP contribution in [0, 0.1) is 6.92 Å². The first kappa shape index (κ1) is 15.3. The molecule has 1 aromatic heterocycles. The third-order valence-corrected chi connectivity index (χ3v) is 3.73. The van der Waals surface area contributed by atoms with Crippen molar-refractivity contribution in [3.63, 3.8) is 0 Å². The van der Waals surface area contributed by atoms with Crippen LogP contribution in [0.2, 0.25) is 5.02 Å². The highest BCUT2D eigenvalue weighted by molar-refractivity contribution is 9.10. The topological polar surface area (TPSA) is 22.1 Å². The number of aromatic nitrogens is 1. The van der Waals surface area contributed by atoms with Crippen LogP contribution >= 0.6 is 27.5 Å². The minimum absolute atomic E-state index is 0.122. The molecule has 0 bridgehead atoms. The second kappa shape index (κ2) is 5.74. The van der Waals surface area contributed by atoms with E-state index >= 15 is 0 Å². The molecular formula is C16H17BrClNO. The molecule has 106 valence electrons. The van der Waals surface area contributed by atoms with Gasteiger partial charge in [-0.05, 0) is 51.5 Å². The third kappa shape index (κ3) is 3.53. The van der Waals surface area contributed by atoms with Gasteiger partial charge in [0.25, 0.3) is 0 Å².